The maximum absolute atomic E-state index is 13.3. The Labute approximate surface area is 118 Å². The minimum Gasteiger partial charge on any atom is -0.456 e. The van der Waals surface area contributed by atoms with Gasteiger partial charge in [0.25, 0.3) is 0 Å². The lowest BCUT2D eigenvalue weighted by Gasteiger charge is -2.06. The smallest absolute Gasteiger partial charge is 0.358 e. The Morgan fingerprint density at radius 1 is 1.21 bits per heavy atom. The highest BCUT2D eigenvalue weighted by Gasteiger charge is 2.15. The Kier molecular flexibility index (Phi) is 4.35. The van der Waals surface area contributed by atoms with E-state index in [4.69, 9.17) is 27.9 Å². The molecule has 2 rings (SSSR count). The molecule has 0 amide bonds. The molecular weight excluding hydrogens is 292 g/mol. The first kappa shape index (κ1) is 13.8. The van der Waals surface area contributed by atoms with Gasteiger partial charge >= 0.3 is 5.97 Å². The molecule has 1 heterocycles. The van der Waals surface area contributed by atoms with Crippen LogP contribution >= 0.6 is 23.2 Å². The van der Waals surface area contributed by atoms with Crippen LogP contribution in [-0.2, 0) is 11.3 Å². The van der Waals surface area contributed by atoms with E-state index in [1.807, 2.05) is 0 Å². The molecule has 3 nitrogen and oxygen atoms in total. The van der Waals surface area contributed by atoms with E-state index in [2.05, 4.69) is 4.98 Å². The van der Waals surface area contributed by atoms with E-state index in [9.17, 15) is 9.18 Å². The number of carbonyl (C=O) groups excluding carboxylic acids is 1. The lowest BCUT2D eigenvalue weighted by Crippen LogP contribution is -2.09. The molecule has 0 aliphatic carbocycles. The summed E-state index contributed by atoms with van der Waals surface area (Å²) in [7, 11) is 0. The Morgan fingerprint density at radius 3 is 2.68 bits per heavy atom. The maximum Gasteiger partial charge on any atom is 0.358 e. The van der Waals surface area contributed by atoms with E-state index in [0.717, 1.165) is 0 Å². The van der Waals surface area contributed by atoms with Crippen molar-refractivity contribution in [3.63, 3.8) is 0 Å². The van der Waals surface area contributed by atoms with Crippen molar-refractivity contribution in [2.45, 2.75) is 6.61 Å². The molecule has 0 spiro atoms. The second-order valence-electron chi connectivity index (χ2n) is 3.63. The third-order valence-electron chi connectivity index (χ3n) is 2.32. The summed E-state index contributed by atoms with van der Waals surface area (Å²) >= 11 is 11.5. The predicted molar refractivity (Wildman–Crippen MR) is 69.8 cm³/mol. The molecule has 19 heavy (non-hydrogen) atoms. The zero-order valence-corrected chi connectivity index (χ0v) is 11.1. The highest BCUT2D eigenvalue weighted by atomic mass is 35.5. The lowest BCUT2D eigenvalue weighted by atomic mass is 10.2. The minimum absolute atomic E-state index is 0.0921. The molecule has 0 fully saturated rings. The minimum atomic E-state index is -0.754. The van der Waals surface area contributed by atoms with Gasteiger partial charge in [0.2, 0.25) is 0 Å². The summed E-state index contributed by atoms with van der Waals surface area (Å²) in [5.74, 6) is -1.20. The molecule has 1 aromatic carbocycles. The molecule has 0 atom stereocenters. The molecule has 0 unspecified atom stereocenters. The largest absolute Gasteiger partial charge is 0.456 e. The number of hydrogen-bond donors (Lipinski definition) is 0. The number of carbonyl (C=O) groups is 1. The molecule has 0 N–H and O–H groups in total. The third kappa shape index (κ3) is 3.43. The van der Waals surface area contributed by atoms with Gasteiger partial charge in [0.1, 0.15) is 17.6 Å². The summed E-state index contributed by atoms with van der Waals surface area (Å²) in [5, 5.41) is 0.255. The van der Waals surface area contributed by atoms with Gasteiger partial charge in [-0.25, -0.2) is 14.2 Å². The molecule has 6 heteroatoms. The second-order valence-corrected chi connectivity index (χ2v) is 4.43. The van der Waals surface area contributed by atoms with Gasteiger partial charge in [0.05, 0.1) is 5.02 Å². The van der Waals surface area contributed by atoms with E-state index in [0.29, 0.717) is 0 Å². The highest BCUT2D eigenvalue weighted by molar-refractivity contribution is 6.34. The molecule has 0 bridgehead atoms. The molecule has 0 aliphatic heterocycles. The molecule has 0 aliphatic rings. The van der Waals surface area contributed by atoms with Crippen molar-refractivity contribution < 1.29 is 13.9 Å². The van der Waals surface area contributed by atoms with Gasteiger partial charge in [-0.1, -0.05) is 41.4 Å². The van der Waals surface area contributed by atoms with Crippen LogP contribution in [0.5, 0.6) is 0 Å². The van der Waals surface area contributed by atoms with Crippen LogP contribution in [0.4, 0.5) is 4.39 Å². The van der Waals surface area contributed by atoms with Gasteiger partial charge in [-0.15, -0.1) is 0 Å². The summed E-state index contributed by atoms with van der Waals surface area (Å²) in [6.07, 6.45) is 0. The second kappa shape index (κ2) is 5.99. The first-order chi connectivity index (χ1) is 9.08. The number of rotatable bonds is 3. The van der Waals surface area contributed by atoms with Crippen LogP contribution < -0.4 is 0 Å². The van der Waals surface area contributed by atoms with Gasteiger partial charge in [-0.3, -0.25) is 0 Å². The van der Waals surface area contributed by atoms with Crippen molar-refractivity contribution >= 4 is 29.2 Å². The molecule has 1 aromatic heterocycles. The average Bonchev–Trinajstić information content (AvgIpc) is 2.40. The maximum atomic E-state index is 13.3. The van der Waals surface area contributed by atoms with E-state index in [-0.39, 0.29) is 28.0 Å². The van der Waals surface area contributed by atoms with E-state index >= 15 is 0 Å². The fraction of sp³-hybridized carbons (Fsp3) is 0.0769. The number of hydrogen-bond acceptors (Lipinski definition) is 3. The van der Waals surface area contributed by atoms with Crippen molar-refractivity contribution in [3.8, 4) is 0 Å². The van der Waals surface area contributed by atoms with Gasteiger partial charge in [0.15, 0.2) is 5.69 Å². The summed E-state index contributed by atoms with van der Waals surface area (Å²) < 4.78 is 18.3. The topological polar surface area (TPSA) is 39.2 Å². The molecule has 98 valence electrons. The van der Waals surface area contributed by atoms with E-state index in [1.165, 1.54) is 24.3 Å². The predicted octanol–water partition coefficient (Wildman–Crippen LogP) is 3.88. The Hall–Kier alpha value is -1.65. The first-order valence-electron chi connectivity index (χ1n) is 5.30. The van der Waals surface area contributed by atoms with Gasteiger partial charge < -0.3 is 4.74 Å². The third-order valence-corrected chi connectivity index (χ3v) is 2.84. The van der Waals surface area contributed by atoms with Crippen LogP contribution in [0.15, 0.2) is 36.4 Å². The molecular formula is C13H8Cl2FNO2. The van der Waals surface area contributed by atoms with Crippen molar-refractivity contribution in [2.24, 2.45) is 0 Å². The van der Waals surface area contributed by atoms with Crippen LogP contribution in [0, 0.1) is 5.82 Å². The van der Waals surface area contributed by atoms with Crippen LogP contribution in [0.3, 0.4) is 0 Å². The van der Waals surface area contributed by atoms with Crippen LogP contribution in [-0.4, -0.2) is 11.0 Å². The summed E-state index contributed by atoms with van der Waals surface area (Å²) in [6.45, 7) is -0.198. The monoisotopic (exact) mass is 299 g/mol. The van der Waals surface area contributed by atoms with Crippen molar-refractivity contribution in [1.82, 2.24) is 4.98 Å². The molecule has 0 saturated heterocycles. The zero-order valence-electron chi connectivity index (χ0n) is 9.57. The fourth-order valence-electron chi connectivity index (χ4n) is 1.39. The number of benzene rings is 1. The molecule has 0 radical (unpaired) electrons. The molecule has 0 saturated carbocycles. The number of esters is 1. The average molecular weight is 300 g/mol. The van der Waals surface area contributed by atoms with Crippen LogP contribution in [0.1, 0.15) is 16.1 Å². The van der Waals surface area contributed by atoms with Crippen molar-refractivity contribution in [3.05, 3.63) is 63.6 Å². The molecule has 2 aromatic rings. The fourth-order valence-corrected chi connectivity index (χ4v) is 1.72. The SMILES string of the molecule is O=C(OCc1ccccc1F)c1nc(Cl)ccc1Cl. The highest BCUT2D eigenvalue weighted by Crippen LogP contribution is 2.18. The Bertz CT molecular complexity index is 619. The van der Waals surface area contributed by atoms with Crippen molar-refractivity contribution in [1.29, 1.82) is 0 Å². The van der Waals surface area contributed by atoms with Crippen LogP contribution in [0.25, 0.3) is 0 Å². The van der Waals surface area contributed by atoms with Crippen molar-refractivity contribution in [2.75, 3.05) is 0 Å². The normalized spacial score (nSPS) is 10.3. The lowest BCUT2D eigenvalue weighted by molar-refractivity contribution is 0.0462. The van der Waals surface area contributed by atoms with Crippen LogP contribution in [0.2, 0.25) is 10.2 Å². The first-order valence-corrected chi connectivity index (χ1v) is 6.06. The zero-order chi connectivity index (χ0) is 13.8. The summed E-state index contributed by atoms with van der Waals surface area (Å²) in [6, 6.07) is 8.91. The van der Waals surface area contributed by atoms with E-state index < -0.39 is 11.8 Å². The number of pyridine rings is 1. The van der Waals surface area contributed by atoms with Gasteiger partial charge in [-0.05, 0) is 18.2 Å². The number of halogens is 3. The summed E-state index contributed by atoms with van der Waals surface area (Å²) in [5.41, 5.74) is 0.180. The number of aromatic nitrogens is 1. The standard InChI is InChI=1S/C13H8Cl2FNO2/c14-9-5-6-11(15)17-12(9)13(18)19-7-8-3-1-2-4-10(8)16/h1-6H,7H2. The van der Waals surface area contributed by atoms with E-state index in [1.54, 1.807) is 12.1 Å². The summed E-state index contributed by atoms with van der Waals surface area (Å²) in [4.78, 5) is 15.5. The number of ether oxygens (including phenoxy) is 1. The Morgan fingerprint density at radius 2 is 1.95 bits per heavy atom. The van der Waals surface area contributed by atoms with Gasteiger partial charge in [0, 0.05) is 5.56 Å². The number of nitrogens with zero attached hydrogens (tertiary/aromatic N) is 1. The van der Waals surface area contributed by atoms with Gasteiger partial charge in [-0.2, -0.15) is 0 Å². The Balaban J connectivity index is 2.10. The quantitative estimate of drug-likeness (QED) is 0.638.